The smallest absolute Gasteiger partial charge is 0.0263 e. The van der Waals surface area contributed by atoms with Crippen molar-refractivity contribution in [2.45, 2.75) is 29.9 Å². The fraction of sp³-hybridized carbons (Fsp3) is 0.625. The van der Waals surface area contributed by atoms with E-state index in [1.165, 1.54) is 37.4 Å². The summed E-state index contributed by atoms with van der Waals surface area (Å²) in [4.78, 5) is 6.40. The lowest BCUT2D eigenvalue weighted by Crippen LogP contribution is -2.36. The Hall–Kier alpha value is -0.510. The molecular formula is C16H26N2S. The number of hydrogen-bond acceptors (Lipinski definition) is 3. The molecule has 1 atom stereocenters. The van der Waals surface area contributed by atoms with Gasteiger partial charge in [-0.25, -0.2) is 0 Å². The van der Waals surface area contributed by atoms with Crippen molar-refractivity contribution in [2.24, 2.45) is 0 Å². The van der Waals surface area contributed by atoms with E-state index in [1.54, 1.807) is 5.56 Å². The lowest BCUT2D eigenvalue weighted by atomic mass is 10.1. The van der Waals surface area contributed by atoms with Crippen LogP contribution in [0.15, 0.2) is 29.2 Å². The zero-order chi connectivity index (χ0) is 13.7. The van der Waals surface area contributed by atoms with E-state index in [1.807, 2.05) is 0 Å². The maximum atomic E-state index is 2.63. The summed E-state index contributed by atoms with van der Waals surface area (Å²) in [6.07, 6.45) is 2.49. The molecule has 0 N–H and O–H groups in total. The van der Waals surface area contributed by atoms with Crippen molar-refractivity contribution in [3.8, 4) is 0 Å². The second kappa shape index (κ2) is 7.32. The summed E-state index contributed by atoms with van der Waals surface area (Å²) in [7, 11) is 4.31. The Morgan fingerprint density at radius 1 is 1.16 bits per heavy atom. The number of likely N-dealkylation sites (N-methyl/N-ethyl adjacent to an activating group) is 1. The Morgan fingerprint density at radius 3 is 2.63 bits per heavy atom. The van der Waals surface area contributed by atoms with Crippen molar-refractivity contribution in [2.75, 3.05) is 40.3 Å². The van der Waals surface area contributed by atoms with Crippen molar-refractivity contribution in [3.05, 3.63) is 29.8 Å². The summed E-state index contributed by atoms with van der Waals surface area (Å²) in [5.74, 6) is 0. The third kappa shape index (κ3) is 4.51. The number of rotatable bonds is 7. The maximum absolute atomic E-state index is 2.63. The van der Waals surface area contributed by atoms with Gasteiger partial charge in [0.25, 0.3) is 0 Å². The van der Waals surface area contributed by atoms with Gasteiger partial charge in [-0.05, 0) is 45.1 Å². The number of nitrogens with zero attached hydrogens (tertiary/aromatic N) is 2. The molecule has 1 unspecified atom stereocenters. The summed E-state index contributed by atoms with van der Waals surface area (Å²) in [6.45, 7) is 7.07. The third-order valence-electron chi connectivity index (χ3n) is 3.58. The molecule has 0 saturated carbocycles. The average molecular weight is 278 g/mol. The van der Waals surface area contributed by atoms with Crippen LogP contribution in [-0.2, 0) is 6.42 Å². The van der Waals surface area contributed by atoms with E-state index in [2.05, 4.69) is 66.8 Å². The van der Waals surface area contributed by atoms with Crippen LogP contribution in [0.2, 0.25) is 0 Å². The second-order valence-corrected chi connectivity index (χ2v) is 7.00. The quantitative estimate of drug-likeness (QED) is 0.757. The van der Waals surface area contributed by atoms with E-state index < -0.39 is 0 Å². The molecule has 0 bridgehead atoms. The van der Waals surface area contributed by atoms with Gasteiger partial charge >= 0.3 is 0 Å². The van der Waals surface area contributed by atoms with Crippen molar-refractivity contribution in [1.82, 2.24) is 9.80 Å². The Balaban J connectivity index is 1.85. The predicted molar refractivity (Wildman–Crippen MR) is 85.1 cm³/mol. The standard InChI is InChI=1S/C16H26N2S/c1-4-9-18(11-10-17(2)3)13-15-12-14-7-5-6-8-16(14)19-15/h5-8,15H,4,9-13H2,1-3H3. The summed E-state index contributed by atoms with van der Waals surface area (Å²) >= 11 is 2.07. The Labute approximate surface area is 122 Å². The molecule has 0 amide bonds. The maximum Gasteiger partial charge on any atom is 0.0263 e. The van der Waals surface area contributed by atoms with Crippen molar-refractivity contribution in [3.63, 3.8) is 0 Å². The van der Waals surface area contributed by atoms with Crippen LogP contribution in [0, 0.1) is 0 Å². The van der Waals surface area contributed by atoms with Crippen LogP contribution < -0.4 is 0 Å². The average Bonchev–Trinajstić information content (AvgIpc) is 2.78. The SMILES string of the molecule is CCCN(CCN(C)C)CC1Cc2ccccc2S1. The molecule has 19 heavy (non-hydrogen) atoms. The van der Waals surface area contributed by atoms with E-state index in [0.717, 1.165) is 11.8 Å². The molecule has 0 aromatic heterocycles. The van der Waals surface area contributed by atoms with Gasteiger partial charge in [0.1, 0.15) is 0 Å². The van der Waals surface area contributed by atoms with E-state index in [4.69, 9.17) is 0 Å². The fourth-order valence-corrected chi connectivity index (χ4v) is 3.96. The highest BCUT2D eigenvalue weighted by molar-refractivity contribution is 8.00. The first kappa shape index (κ1) is 14.9. The van der Waals surface area contributed by atoms with Crippen LogP contribution in [0.1, 0.15) is 18.9 Å². The number of thioether (sulfide) groups is 1. The van der Waals surface area contributed by atoms with Crippen molar-refractivity contribution >= 4 is 11.8 Å². The van der Waals surface area contributed by atoms with Gasteiger partial charge in [0, 0.05) is 29.8 Å². The summed E-state index contributed by atoms with van der Waals surface area (Å²) in [5, 5.41) is 0.742. The second-order valence-electron chi connectivity index (χ2n) is 5.66. The summed E-state index contributed by atoms with van der Waals surface area (Å²) in [6, 6.07) is 8.87. The molecule has 0 fully saturated rings. The largest absolute Gasteiger partial charge is 0.308 e. The highest BCUT2D eigenvalue weighted by Crippen LogP contribution is 2.36. The third-order valence-corrected chi connectivity index (χ3v) is 4.88. The van der Waals surface area contributed by atoms with Gasteiger partial charge in [-0.15, -0.1) is 11.8 Å². The van der Waals surface area contributed by atoms with Crippen molar-refractivity contribution < 1.29 is 0 Å². The number of hydrogen-bond donors (Lipinski definition) is 0. The van der Waals surface area contributed by atoms with Gasteiger partial charge in [-0.1, -0.05) is 25.1 Å². The molecule has 0 aliphatic carbocycles. The van der Waals surface area contributed by atoms with E-state index >= 15 is 0 Å². The van der Waals surface area contributed by atoms with Gasteiger partial charge in [-0.2, -0.15) is 0 Å². The molecule has 2 nitrogen and oxygen atoms in total. The number of benzene rings is 1. The molecular weight excluding hydrogens is 252 g/mol. The van der Waals surface area contributed by atoms with Crippen LogP contribution in [-0.4, -0.2) is 55.3 Å². The minimum absolute atomic E-state index is 0.742. The van der Waals surface area contributed by atoms with E-state index in [-0.39, 0.29) is 0 Å². The van der Waals surface area contributed by atoms with Crippen LogP contribution in [0.25, 0.3) is 0 Å². The van der Waals surface area contributed by atoms with Crippen molar-refractivity contribution in [1.29, 1.82) is 0 Å². The van der Waals surface area contributed by atoms with Gasteiger partial charge in [0.2, 0.25) is 0 Å². The van der Waals surface area contributed by atoms with Gasteiger partial charge in [0.15, 0.2) is 0 Å². The van der Waals surface area contributed by atoms with Gasteiger partial charge in [0.05, 0.1) is 0 Å². The van der Waals surface area contributed by atoms with E-state index in [0.29, 0.717) is 0 Å². The highest BCUT2D eigenvalue weighted by atomic mass is 32.2. The predicted octanol–water partition coefficient (Wildman–Crippen LogP) is 2.98. The highest BCUT2D eigenvalue weighted by Gasteiger charge is 2.23. The molecule has 1 aliphatic heterocycles. The van der Waals surface area contributed by atoms with E-state index in [9.17, 15) is 0 Å². The molecule has 3 heteroatoms. The molecule has 0 saturated heterocycles. The molecule has 1 aliphatic rings. The molecule has 1 aromatic rings. The molecule has 0 spiro atoms. The zero-order valence-electron chi connectivity index (χ0n) is 12.4. The summed E-state index contributed by atoms with van der Waals surface area (Å²) in [5.41, 5.74) is 1.54. The van der Waals surface area contributed by atoms with Crippen LogP contribution in [0.4, 0.5) is 0 Å². The van der Waals surface area contributed by atoms with Gasteiger partial charge in [-0.3, -0.25) is 0 Å². The zero-order valence-corrected chi connectivity index (χ0v) is 13.2. The van der Waals surface area contributed by atoms with Crippen LogP contribution in [0.3, 0.4) is 0 Å². The first-order valence-corrected chi connectivity index (χ1v) is 8.18. The lowest BCUT2D eigenvalue weighted by molar-refractivity contribution is 0.242. The molecule has 2 rings (SSSR count). The lowest BCUT2D eigenvalue weighted by Gasteiger charge is -2.26. The molecule has 0 radical (unpaired) electrons. The van der Waals surface area contributed by atoms with Crippen LogP contribution in [0.5, 0.6) is 0 Å². The Bertz CT molecular complexity index is 367. The first-order chi connectivity index (χ1) is 9.19. The topological polar surface area (TPSA) is 6.48 Å². The summed E-state index contributed by atoms with van der Waals surface area (Å²) < 4.78 is 0. The molecule has 106 valence electrons. The molecule has 1 aromatic carbocycles. The Morgan fingerprint density at radius 2 is 1.95 bits per heavy atom. The van der Waals surface area contributed by atoms with Gasteiger partial charge < -0.3 is 9.80 Å². The monoisotopic (exact) mass is 278 g/mol. The fourth-order valence-electron chi connectivity index (χ4n) is 2.60. The number of fused-ring (bicyclic) bond motifs is 1. The minimum Gasteiger partial charge on any atom is -0.308 e. The van der Waals surface area contributed by atoms with Crippen LogP contribution >= 0.6 is 11.8 Å². The first-order valence-electron chi connectivity index (χ1n) is 7.30. The molecule has 1 heterocycles. The minimum atomic E-state index is 0.742. The Kier molecular flexibility index (Phi) is 5.74. The normalized spacial score (nSPS) is 18.3.